The fraction of sp³-hybridized carbons (Fsp3) is 0.167. The van der Waals surface area contributed by atoms with Gasteiger partial charge in [0.05, 0.1) is 16.9 Å². The lowest BCUT2D eigenvalue weighted by Gasteiger charge is -2.05. The number of aldehydes is 1. The third-order valence-electron chi connectivity index (χ3n) is 2.50. The van der Waals surface area contributed by atoms with Gasteiger partial charge in [0.25, 0.3) is 0 Å². The van der Waals surface area contributed by atoms with Crippen molar-refractivity contribution in [1.82, 2.24) is 9.78 Å². The third-order valence-corrected chi connectivity index (χ3v) is 2.50. The molecule has 0 aliphatic rings. The maximum absolute atomic E-state index is 10.6. The van der Waals surface area contributed by atoms with E-state index >= 15 is 0 Å². The Hall–Kier alpha value is -2.70. The second-order valence-corrected chi connectivity index (χ2v) is 3.86. The number of rotatable bonds is 5. The van der Waals surface area contributed by atoms with Crippen molar-refractivity contribution in [2.24, 2.45) is 0 Å². The van der Waals surface area contributed by atoms with Crippen molar-refractivity contribution in [2.45, 2.75) is 13.7 Å². The van der Waals surface area contributed by atoms with Crippen LogP contribution in [0.15, 0.2) is 30.3 Å². The molecule has 98 valence electrons. The number of hydrogen-bond acceptors (Lipinski definition) is 5. The van der Waals surface area contributed by atoms with Crippen LogP contribution in [0.3, 0.4) is 0 Å². The molecule has 1 heterocycles. The predicted octanol–water partition coefficient (Wildman–Crippen LogP) is 1.95. The standard InChI is InChI=1S/C12H11N3O4/c1-9-5-12(15(17)18)13-14(9)8-19-11-4-2-3-10(6-11)7-16/h2-7H,8H2,1H3. The van der Waals surface area contributed by atoms with Gasteiger partial charge in [-0.2, -0.15) is 0 Å². The molecule has 0 spiro atoms. The molecule has 2 rings (SSSR count). The zero-order valence-electron chi connectivity index (χ0n) is 10.1. The van der Waals surface area contributed by atoms with Gasteiger partial charge in [-0.15, -0.1) is 4.68 Å². The fourth-order valence-electron chi connectivity index (χ4n) is 1.53. The summed E-state index contributed by atoms with van der Waals surface area (Å²) in [6, 6.07) is 7.99. The fourth-order valence-corrected chi connectivity index (χ4v) is 1.53. The smallest absolute Gasteiger partial charge is 0.390 e. The van der Waals surface area contributed by atoms with Crippen LogP contribution in [0, 0.1) is 17.0 Å². The van der Waals surface area contributed by atoms with Gasteiger partial charge in [0, 0.05) is 5.56 Å². The lowest BCUT2D eigenvalue weighted by atomic mass is 10.2. The molecule has 0 aliphatic carbocycles. The number of nitro groups is 1. The van der Waals surface area contributed by atoms with Crippen molar-refractivity contribution in [3.8, 4) is 5.75 Å². The van der Waals surface area contributed by atoms with E-state index in [9.17, 15) is 14.9 Å². The van der Waals surface area contributed by atoms with Crippen LogP contribution in [-0.2, 0) is 6.73 Å². The topological polar surface area (TPSA) is 87.3 Å². The average molecular weight is 261 g/mol. The molecule has 7 nitrogen and oxygen atoms in total. The summed E-state index contributed by atoms with van der Waals surface area (Å²) in [6.07, 6.45) is 0.719. The van der Waals surface area contributed by atoms with Crippen molar-refractivity contribution in [1.29, 1.82) is 0 Å². The van der Waals surface area contributed by atoms with E-state index < -0.39 is 4.92 Å². The third kappa shape index (κ3) is 2.95. The number of carbonyl (C=O) groups is 1. The molecule has 7 heteroatoms. The van der Waals surface area contributed by atoms with Gasteiger partial charge in [0.15, 0.2) is 0 Å². The van der Waals surface area contributed by atoms with Gasteiger partial charge < -0.3 is 14.9 Å². The lowest BCUT2D eigenvalue weighted by molar-refractivity contribution is -0.389. The maximum Gasteiger partial charge on any atom is 0.390 e. The number of aryl methyl sites for hydroxylation is 1. The largest absolute Gasteiger partial charge is 0.469 e. The molecule has 0 aliphatic heterocycles. The summed E-state index contributed by atoms with van der Waals surface area (Å²) in [6.45, 7) is 1.74. The quantitative estimate of drug-likeness (QED) is 0.466. The highest BCUT2D eigenvalue weighted by molar-refractivity contribution is 5.75. The van der Waals surface area contributed by atoms with E-state index in [4.69, 9.17) is 4.74 Å². The van der Waals surface area contributed by atoms with Gasteiger partial charge in [-0.25, -0.2) is 0 Å². The molecule has 0 bridgehead atoms. The number of aromatic nitrogens is 2. The normalized spacial score (nSPS) is 10.2. The molecular weight excluding hydrogens is 250 g/mol. The Labute approximate surface area is 108 Å². The Morgan fingerprint density at radius 3 is 2.89 bits per heavy atom. The van der Waals surface area contributed by atoms with Crippen LogP contribution in [0.2, 0.25) is 0 Å². The zero-order valence-corrected chi connectivity index (χ0v) is 10.1. The Morgan fingerprint density at radius 1 is 1.47 bits per heavy atom. The van der Waals surface area contributed by atoms with Crippen molar-refractivity contribution < 1.29 is 14.5 Å². The highest BCUT2D eigenvalue weighted by Gasteiger charge is 2.15. The second-order valence-electron chi connectivity index (χ2n) is 3.86. The van der Waals surface area contributed by atoms with Crippen LogP contribution in [-0.4, -0.2) is 21.0 Å². The summed E-state index contributed by atoms with van der Waals surface area (Å²) in [5.41, 5.74) is 1.12. The van der Waals surface area contributed by atoms with E-state index in [1.807, 2.05) is 0 Å². The van der Waals surface area contributed by atoms with Gasteiger partial charge in [-0.1, -0.05) is 12.1 Å². The zero-order chi connectivity index (χ0) is 13.8. The van der Waals surface area contributed by atoms with Crippen LogP contribution in [0.1, 0.15) is 16.1 Å². The predicted molar refractivity (Wildman–Crippen MR) is 66.1 cm³/mol. The van der Waals surface area contributed by atoms with Crippen LogP contribution in [0.25, 0.3) is 0 Å². The molecule has 0 radical (unpaired) electrons. The molecule has 0 amide bonds. The maximum atomic E-state index is 10.6. The van der Waals surface area contributed by atoms with E-state index in [1.165, 1.54) is 10.7 Å². The molecular formula is C12H11N3O4. The SMILES string of the molecule is Cc1cc([N+](=O)[O-])nn1COc1cccc(C=O)c1. The molecule has 19 heavy (non-hydrogen) atoms. The summed E-state index contributed by atoms with van der Waals surface area (Å²) in [7, 11) is 0. The number of benzene rings is 1. The summed E-state index contributed by atoms with van der Waals surface area (Å²) < 4.78 is 6.81. The number of carbonyl (C=O) groups excluding carboxylic acids is 1. The summed E-state index contributed by atoms with van der Waals surface area (Å²) in [4.78, 5) is 20.6. The van der Waals surface area contributed by atoms with Crippen LogP contribution in [0.5, 0.6) is 5.75 Å². The van der Waals surface area contributed by atoms with E-state index in [0.29, 0.717) is 17.0 Å². The highest BCUT2D eigenvalue weighted by Crippen LogP contribution is 2.15. The van der Waals surface area contributed by atoms with Gasteiger partial charge >= 0.3 is 5.82 Å². The van der Waals surface area contributed by atoms with Crippen molar-refractivity contribution in [2.75, 3.05) is 0 Å². The highest BCUT2D eigenvalue weighted by atomic mass is 16.6. The van der Waals surface area contributed by atoms with E-state index in [0.717, 1.165) is 6.29 Å². The van der Waals surface area contributed by atoms with E-state index in [-0.39, 0.29) is 12.5 Å². The Balaban J connectivity index is 2.09. The Morgan fingerprint density at radius 2 is 2.26 bits per heavy atom. The average Bonchev–Trinajstić information content (AvgIpc) is 2.78. The first-order valence-corrected chi connectivity index (χ1v) is 5.47. The number of nitrogens with zero attached hydrogens (tertiary/aromatic N) is 3. The minimum absolute atomic E-state index is 0.0436. The lowest BCUT2D eigenvalue weighted by Crippen LogP contribution is -2.08. The van der Waals surface area contributed by atoms with Crippen LogP contribution < -0.4 is 4.74 Å². The molecule has 0 saturated heterocycles. The van der Waals surface area contributed by atoms with Gasteiger partial charge in [0.1, 0.15) is 12.0 Å². The van der Waals surface area contributed by atoms with Gasteiger partial charge in [-0.3, -0.25) is 4.79 Å². The van der Waals surface area contributed by atoms with Crippen molar-refractivity contribution >= 4 is 12.1 Å². The molecule has 0 atom stereocenters. The monoisotopic (exact) mass is 261 g/mol. The first kappa shape index (κ1) is 12.7. The van der Waals surface area contributed by atoms with Crippen molar-refractivity contribution in [3.63, 3.8) is 0 Å². The molecule has 0 N–H and O–H groups in total. The van der Waals surface area contributed by atoms with E-state index in [2.05, 4.69) is 5.10 Å². The van der Waals surface area contributed by atoms with Crippen LogP contribution >= 0.6 is 0 Å². The number of hydrogen-bond donors (Lipinski definition) is 0. The first-order valence-electron chi connectivity index (χ1n) is 5.47. The summed E-state index contributed by atoms with van der Waals surface area (Å²) >= 11 is 0. The first-order chi connectivity index (χ1) is 9.10. The molecule has 0 unspecified atom stereocenters. The molecule has 1 aromatic heterocycles. The summed E-state index contributed by atoms with van der Waals surface area (Å²) in [5, 5.41) is 14.4. The van der Waals surface area contributed by atoms with E-state index in [1.54, 1.807) is 31.2 Å². The summed E-state index contributed by atoms with van der Waals surface area (Å²) in [5.74, 6) is 0.282. The van der Waals surface area contributed by atoms with Gasteiger partial charge in [0.2, 0.25) is 6.73 Å². The molecule has 2 aromatic rings. The van der Waals surface area contributed by atoms with Crippen LogP contribution in [0.4, 0.5) is 5.82 Å². The molecule has 0 saturated carbocycles. The minimum Gasteiger partial charge on any atom is -0.469 e. The van der Waals surface area contributed by atoms with Crippen molar-refractivity contribution in [3.05, 3.63) is 51.7 Å². The molecule has 1 aromatic carbocycles. The number of ether oxygens (including phenoxy) is 1. The van der Waals surface area contributed by atoms with Gasteiger partial charge in [-0.05, 0) is 24.0 Å². The Kier molecular flexibility index (Phi) is 3.56. The Bertz CT molecular complexity index is 621. The second kappa shape index (κ2) is 5.30. The molecule has 0 fully saturated rings. The minimum atomic E-state index is -0.559.